The molecule has 0 radical (unpaired) electrons. The lowest BCUT2D eigenvalue weighted by molar-refractivity contribution is -0.127. The largest absolute Gasteiger partial charge is 0.324 e. The Morgan fingerprint density at radius 3 is 2.60 bits per heavy atom. The third-order valence-electron chi connectivity index (χ3n) is 2.38. The van der Waals surface area contributed by atoms with Gasteiger partial charge in [-0.1, -0.05) is 12.1 Å². The van der Waals surface area contributed by atoms with Gasteiger partial charge in [0.1, 0.15) is 5.78 Å². The predicted octanol–water partition coefficient (Wildman–Crippen LogP) is 1.03. The molecule has 0 saturated carbocycles. The molecule has 0 fully saturated rings. The van der Waals surface area contributed by atoms with Gasteiger partial charge in [-0.25, -0.2) is 0 Å². The third-order valence-corrected chi connectivity index (χ3v) is 2.38. The molecule has 1 N–H and O–H groups in total. The van der Waals surface area contributed by atoms with E-state index in [1.165, 1.54) is 6.92 Å². The van der Waals surface area contributed by atoms with Crippen molar-refractivity contribution in [2.75, 3.05) is 5.32 Å². The van der Waals surface area contributed by atoms with Gasteiger partial charge in [0.25, 0.3) is 0 Å². The summed E-state index contributed by atoms with van der Waals surface area (Å²) in [5.41, 5.74) is 0.877. The van der Waals surface area contributed by atoms with E-state index in [0.717, 1.165) is 0 Å². The smallest absolute Gasteiger partial charge is 0.242 e. The lowest BCUT2D eigenvalue weighted by Crippen LogP contribution is -2.39. The number of hydrogen-bond donors (Lipinski definition) is 1. The van der Waals surface area contributed by atoms with Crippen LogP contribution in [0.15, 0.2) is 24.3 Å². The molecule has 2 rings (SSSR count). The van der Waals surface area contributed by atoms with E-state index >= 15 is 0 Å². The molecule has 76 valence electrons. The van der Waals surface area contributed by atoms with E-state index in [-0.39, 0.29) is 0 Å². The molecule has 1 atom stereocenters. The maximum atomic E-state index is 11.8. The fraction of sp³-hybridized carbons (Fsp3) is 0.182. The number of para-hydroxylation sites is 1. The number of nitrogens with one attached hydrogen (secondary N) is 1. The van der Waals surface area contributed by atoms with E-state index in [1.807, 2.05) is 0 Å². The van der Waals surface area contributed by atoms with Gasteiger partial charge in [0.15, 0.2) is 11.7 Å². The highest BCUT2D eigenvalue weighted by molar-refractivity contribution is 6.30. The van der Waals surface area contributed by atoms with Gasteiger partial charge in [-0.3, -0.25) is 14.4 Å². The number of carbonyl (C=O) groups excluding carboxylic acids is 3. The lowest BCUT2D eigenvalue weighted by atomic mass is 9.89. The molecule has 15 heavy (non-hydrogen) atoms. The van der Waals surface area contributed by atoms with E-state index < -0.39 is 23.4 Å². The van der Waals surface area contributed by atoms with Gasteiger partial charge in [0, 0.05) is 5.56 Å². The minimum absolute atomic E-state index is 0.400. The number of ketones is 2. The number of benzene rings is 1. The summed E-state index contributed by atoms with van der Waals surface area (Å²) < 4.78 is 0. The Morgan fingerprint density at radius 1 is 1.27 bits per heavy atom. The first-order valence-electron chi connectivity index (χ1n) is 4.56. The Balaban J connectivity index is 2.52. The van der Waals surface area contributed by atoms with Crippen LogP contribution in [0.1, 0.15) is 17.3 Å². The number of amides is 1. The van der Waals surface area contributed by atoms with E-state index in [4.69, 9.17) is 0 Å². The van der Waals surface area contributed by atoms with Crippen molar-refractivity contribution in [1.82, 2.24) is 0 Å². The summed E-state index contributed by atoms with van der Waals surface area (Å²) in [4.78, 5) is 34.4. The van der Waals surface area contributed by atoms with E-state index in [1.54, 1.807) is 24.3 Å². The second-order valence-corrected chi connectivity index (χ2v) is 3.44. The zero-order valence-corrected chi connectivity index (χ0v) is 8.11. The van der Waals surface area contributed by atoms with Crippen molar-refractivity contribution in [1.29, 1.82) is 0 Å². The highest BCUT2D eigenvalue weighted by Crippen LogP contribution is 2.25. The summed E-state index contributed by atoms with van der Waals surface area (Å²) in [6.45, 7) is 1.25. The van der Waals surface area contributed by atoms with Gasteiger partial charge < -0.3 is 5.32 Å². The van der Waals surface area contributed by atoms with Crippen LogP contribution in [-0.2, 0) is 9.59 Å². The van der Waals surface area contributed by atoms with Gasteiger partial charge in [0.05, 0.1) is 5.69 Å². The maximum Gasteiger partial charge on any atom is 0.242 e. The highest BCUT2D eigenvalue weighted by atomic mass is 16.2. The normalized spacial score (nSPS) is 19.4. The van der Waals surface area contributed by atoms with Crippen molar-refractivity contribution in [3.63, 3.8) is 0 Å². The van der Waals surface area contributed by atoms with Crippen LogP contribution >= 0.6 is 0 Å². The van der Waals surface area contributed by atoms with Crippen molar-refractivity contribution < 1.29 is 14.4 Å². The minimum Gasteiger partial charge on any atom is -0.324 e. The van der Waals surface area contributed by atoms with Crippen molar-refractivity contribution in [2.24, 2.45) is 5.92 Å². The fourth-order valence-electron chi connectivity index (χ4n) is 1.66. The summed E-state index contributed by atoms with van der Waals surface area (Å²) in [7, 11) is 0. The first-order valence-corrected chi connectivity index (χ1v) is 4.56. The van der Waals surface area contributed by atoms with E-state index in [2.05, 4.69) is 5.32 Å². The van der Waals surface area contributed by atoms with Crippen molar-refractivity contribution in [3.8, 4) is 0 Å². The van der Waals surface area contributed by atoms with Gasteiger partial charge >= 0.3 is 0 Å². The number of fused-ring (bicyclic) bond motifs is 1. The Labute approximate surface area is 86.3 Å². The molecule has 4 nitrogen and oxygen atoms in total. The van der Waals surface area contributed by atoms with Crippen LogP contribution in [-0.4, -0.2) is 17.5 Å². The predicted molar refractivity (Wildman–Crippen MR) is 53.6 cm³/mol. The van der Waals surface area contributed by atoms with Crippen molar-refractivity contribution in [3.05, 3.63) is 29.8 Å². The van der Waals surface area contributed by atoms with Crippen LogP contribution in [0.4, 0.5) is 5.69 Å². The van der Waals surface area contributed by atoms with E-state index in [9.17, 15) is 14.4 Å². The van der Waals surface area contributed by atoms with Gasteiger partial charge in [0.2, 0.25) is 5.91 Å². The quantitative estimate of drug-likeness (QED) is 0.693. The number of rotatable bonds is 1. The molecule has 1 aliphatic rings. The first kappa shape index (κ1) is 9.58. The first-order chi connectivity index (χ1) is 7.11. The van der Waals surface area contributed by atoms with Gasteiger partial charge in [-0.15, -0.1) is 0 Å². The van der Waals surface area contributed by atoms with Crippen LogP contribution in [0.2, 0.25) is 0 Å². The van der Waals surface area contributed by atoms with Gasteiger partial charge in [-0.05, 0) is 19.1 Å². The SMILES string of the molecule is CC(=O)[C@H]1C(=O)Nc2ccccc2C1=O. The zero-order chi connectivity index (χ0) is 11.0. The minimum atomic E-state index is -1.18. The molecule has 0 aromatic heterocycles. The average molecular weight is 203 g/mol. The third kappa shape index (κ3) is 1.44. The van der Waals surface area contributed by atoms with Crippen LogP contribution in [0.3, 0.4) is 0 Å². The number of hydrogen-bond acceptors (Lipinski definition) is 3. The second kappa shape index (κ2) is 3.31. The summed E-state index contributed by atoms with van der Waals surface area (Å²) in [5, 5.41) is 2.54. The molecule has 1 heterocycles. The van der Waals surface area contributed by atoms with Gasteiger partial charge in [-0.2, -0.15) is 0 Å². The molecule has 0 unspecified atom stereocenters. The molecule has 1 amide bonds. The standard InChI is InChI=1S/C11H9NO3/c1-6(13)9-10(14)7-4-2-3-5-8(7)12-11(9)15/h2-5,9H,1H3,(H,12,15)/t9-/m1/s1. The monoisotopic (exact) mass is 203 g/mol. The molecule has 4 heteroatoms. The molecule has 1 aromatic rings. The van der Waals surface area contributed by atoms with Crippen molar-refractivity contribution in [2.45, 2.75) is 6.92 Å². The molecular formula is C11H9NO3. The summed E-state index contributed by atoms with van der Waals surface area (Å²) in [6, 6.07) is 6.67. The number of anilines is 1. The van der Waals surface area contributed by atoms with Crippen LogP contribution in [0.25, 0.3) is 0 Å². The second-order valence-electron chi connectivity index (χ2n) is 3.44. The summed E-state index contributed by atoms with van der Waals surface area (Å²) >= 11 is 0. The number of Topliss-reactive ketones (excluding diaryl/α,β-unsaturated/α-hetero) is 2. The highest BCUT2D eigenvalue weighted by Gasteiger charge is 2.37. The average Bonchev–Trinajstić information content (AvgIpc) is 2.17. The molecule has 1 aromatic carbocycles. The summed E-state index contributed by atoms with van der Waals surface area (Å²) in [5.74, 6) is -2.56. The Hall–Kier alpha value is -1.97. The molecular weight excluding hydrogens is 194 g/mol. The zero-order valence-electron chi connectivity index (χ0n) is 8.11. The Morgan fingerprint density at radius 2 is 1.93 bits per heavy atom. The fourth-order valence-corrected chi connectivity index (χ4v) is 1.66. The molecule has 0 spiro atoms. The molecule has 0 bridgehead atoms. The molecule has 0 aliphatic carbocycles. The van der Waals surface area contributed by atoms with Crippen LogP contribution in [0.5, 0.6) is 0 Å². The summed E-state index contributed by atoms with van der Waals surface area (Å²) in [6.07, 6.45) is 0. The van der Waals surface area contributed by atoms with Crippen LogP contribution in [0, 0.1) is 5.92 Å². The Bertz CT molecular complexity index is 465. The topological polar surface area (TPSA) is 63.2 Å². The van der Waals surface area contributed by atoms with Crippen LogP contribution < -0.4 is 5.32 Å². The maximum absolute atomic E-state index is 11.8. The Kier molecular flexibility index (Phi) is 2.11. The molecule has 1 aliphatic heterocycles. The van der Waals surface area contributed by atoms with E-state index in [0.29, 0.717) is 11.3 Å². The van der Waals surface area contributed by atoms with Crippen molar-refractivity contribution >= 4 is 23.2 Å². The lowest BCUT2D eigenvalue weighted by Gasteiger charge is -2.21. The molecule has 0 saturated heterocycles. The number of carbonyl (C=O) groups is 3.